The van der Waals surface area contributed by atoms with Gasteiger partial charge < -0.3 is 15.0 Å². The Labute approximate surface area is 212 Å². The fourth-order valence-corrected chi connectivity index (χ4v) is 5.03. The van der Waals surface area contributed by atoms with Gasteiger partial charge in [-0.05, 0) is 62.1 Å². The summed E-state index contributed by atoms with van der Waals surface area (Å²) in [5.41, 5.74) is 1.91. The molecule has 1 fully saturated rings. The smallest absolute Gasteiger partial charge is 0.416 e. The number of aromatic nitrogens is 2. The molecule has 1 aliphatic heterocycles. The van der Waals surface area contributed by atoms with Crippen molar-refractivity contribution in [3.8, 4) is 0 Å². The first kappa shape index (κ1) is 24.9. The molecule has 0 unspecified atom stereocenters. The van der Waals surface area contributed by atoms with Crippen molar-refractivity contribution in [3.05, 3.63) is 82.0 Å². The molecule has 0 saturated heterocycles. The number of carbonyl (C=O) groups excluding carboxylic acids is 2. The molecule has 5 rings (SSSR count). The Balaban J connectivity index is 1.39. The van der Waals surface area contributed by atoms with Crippen molar-refractivity contribution in [2.45, 2.75) is 51.0 Å². The predicted molar refractivity (Wildman–Crippen MR) is 130 cm³/mol. The Bertz CT molecular complexity index is 1340. The van der Waals surface area contributed by atoms with Crippen LogP contribution >= 0.6 is 0 Å². The van der Waals surface area contributed by atoms with Gasteiger partial charge >= 0.3 is 12.1 Å². The van der Waals surface area contributed by atoms with Crippen LogP contribution in [-0.2, 0) is 23.0 Å². The number of carbonyl (C=O) groups is 2. The van der Waals surface area contributed by atoms with Crippen molar-refractivity contribution in [3.63, 3.8) is 0 Å². The third-order valence-corrected chi connectivity index (χ3v) is 7.30. The first-order valence-electron chi connectivity index (χ1n) is 12.1. The maximum absolute atomic E-state index is 13.6. The molecule has 1 aromatic heterocycles. The molecule has 0 spiro atoms. The summed E-state index contributed by atoms with van der Waals surface area (Å²) in [6.45, 7) is 4.86. The molecule has 0 bridgehead atoms. The summed E-state index contributed by atoms with van der Waals surface area (Å²) in [6.07, 6.45) is -2.86. The molecule has 1 N–H and O–H groups in total. The number of halogens is 3. The molecule has 37 heavy (non-hydrogen) atoms. The summed E-state index contributed by atoms with van der Waals surface area (Å²) in [5, 5.41) is 7.75. The zero-order chi connectivity index (χ0) is 26.5. The SMILES string of the molecule is COC(=O)c1ccc(C2(NC(=O)c3c(C)nn4c3N([C@H](C)c3ccc(C(F)(F)F)cc3)CC4)CC2)cc1. The van der Waals surface area contributed by atoms with E-state index in [4.69, 9.17) is 4.74 Å². The van der Waals surface area contributed by atoms with Gasteiger partial charge in [-0.2, -0.15) is 18.3 Å². The fraction of sp³-hybridized carbons (Fsp3) is 0.370. The number of hydrogen-bond acceptors (Lipinski definition) is 5. The van der Waals surface area contributed by atoms with Gasteiger partial charge in [-0.25, -0.2) is 9.48 Å². The third-order valence-electron chi connectivity index (χ3n) is 7.30. The van der Waals surface area contributed by atoms with Gasteiger partial charge in [0.2, 0.25) is 0 Å². The molecule has 0 radical (unpaired) electrons. The number of aryl methyl sites for hydroxylation is 1. The van der Waals surface area contributed by atoms with Crippen molar-refractivity contribution in [2.24, 2.45) is 0 Å². The van der Waals surface area contributed by atoms with E-state index in [0.29, 0.717) is 35.7 Å². The second kappa shape index (κ2) is 8.93. The van der Waals surface area contributed by atoms with Crippen LogP contribution in [-0.4, -0.2) is 35.3 Å². The van der Waals surface area contributed by atoms with E-state index < -0.39 is 23.2 Å². The third kappa shape index (κ3) is 4.45. The highest BCUT2D eigenvalue weighted by Gasteiger charge is 2.47. The average molecular weight is 513 g/mol. The van der Waals surface area contributed by atoms with Crippen molar-refractivity contribution >= 4 is 17.7 Å². The second-order valence-electron chi connectivity index (χ2n) is 9.60. The minimum Gasteiger partial charge on any atom is -0.465 e. The predicted octanol–water partition coefficient (Wildman–Crippen LogP) is 5.00. The van der Waals surface area contributed by atoms with Crippen LogP contribution in [0.15, 0.2) is 48.5 Å². The quantitative estimate of drug-likeness (QED) is 0.471. The monoisotopic (exact) mass is 512 g/mol. The zero-order valence-electron chi connectivity index (χ0n) is 20.7. The van der Waals surface area contributed by atoms with E-state index in [-0.39, 0.29) is 11.9 Å². The Kier molecular flexibility index (Phi) is 6.00. The van der Waals surface area contributed by atoms with Gasteiger partial charge in [0, 0.05) is 6.54 Å². The maximum atomic E-state index is 13.6. The molecule has 7 nitrogen and oxygen atoms in total. The van der Waals surface area contributed by atoms with E-state index in [9.17, 15) is 22.8 Å². The molecule has 2 aromatic carbocycles. The normalized spacial score (nSPS) is 16.8. The van der Waals surface area contributed by atoms with Crippen molar-refractivity contribution in [2.75, 3.05) is 18.6 Å². The van der Waals surface area contributed by atoms with Gasteiger partial charge in [-0.15, -0.1) is 0 Å². The number of ether oxygens (including phenoxy) is 1. The molecule has 1 atom stereocenters. The summed E-state index contributed by atoms with van der Waals surface area (Å²) in [5.74, 6) is -0.00665. The van der Waals surface area contributed by atoms with Crippen LogP contribution in [0.25, 0.3) is 0 Å². The molecule has 194 valence electrons. The summed E-state index contributed by atoms with van der Waals surface area (Å²) >= 11 is 0. The Morgan fingerprint density at radius 1 is 1.05 bits per heavy atom. The number of rotatable bonds is 6. The number of esters is 1. The second-order valence-corrected chi connectivity index (χ2v) is 9.60. The number of methoxy groups -OCH3 is 1. The first-order valence-corrected chi connectivity index (χ1v) is 12.1. The van der Waals surface area contributed by atoms with E-state index in [1.54, 1.807) is 23.7 Å². The van der Waals surface area contributed by atoms with Gasteiger partial charge in [0.1, 0.15) is 11.4 Å². The molecular formula is C27H27F3N4O3. The minimum absolute atomic E-state index is 0.250. The Morgan fingerprint density at radius 3 is 2.27 bits per heavy atom. The van der Waals surface area contributed by atoms with Gasteiger partial charge in [-0.3, -0.25) is 4.79 Å². The highest BCUT2D eigenvalue weighted by molar-refractivity contribution is 6.01. The zero-order valence-corrected chi connectivity index (χ0v) is 20.7. The first-order chi connectivity index (χ1) is 17.5. The van der Waals surface area contributed by atoms with Gasteiger partial charge in [0.25, 0.3) is 5.91 Å². The topological polar surface area (TPSA) is 76.5 Å². The van der Waals surface area contributed by atoms with Crippen LogP contribution < -0.4 is 10.2 Å². The molecule has 2 aliphatic rings. The molecule has 1 aliphatic carbocycles. The number of nitrogens with zero attached hydrogens (tertiary/aromatic N) is 3. The van der Waals surface area contributed by atoms with E-state index in [1.165, 1.54) is 19.2 Å². The molecule has 10 heteroatoms. The fourth-order valence-electron chi connectivity index (χ4n) is 5.03. The number of fused-ring (bicyclic) bond motifs is 1. The van der Waals surface area contributed by atoms with Crippen LogP contribution in [0, 0.1) is 6.92 Å². The summed E-state index contributed by atoms with van der Waals surface area (Å²) in [4.78, 5) is 27.4. The van der Waals surface area contributed by atoms with E-state index >= 15 is 0 Å². The highest BCUT2D eigenvalue weighted by atomic mass is 19.4. The summed E-state index contributed by atoms with van der Waals surface area (Å²) in [7, 11) is 1.33. The average Bonchev–Trinajstić information content (AvgIpc) is 3.43. The van der Waals surface area contributed by atoms with Crippen LogP contribution in [0.4, 0.5) is 19.0 Å². The van der Waals surface area contributed by atoms with E-state index in [0.717, 1.165) is 36.1 Å². The van der Waals surface area contributed by atoms with E-state index in [2.05, 4.69) is 10.4 Å². The van der Waals surface area contributed by atoms with E-state index in [1.807, 2.05) is 24.0 Å². The molecular weight excluding hydrogens is 485 g/mol. The summed E-state index contributed by atoms with van der Waals surface area (Å²) < 4.78 is 45.6. The lowest BCUT2D eigenvalue weighted by molar-refractivity contribution is -0.137. The molecule has 2 heterocycles. The van der Waals surface area contributed by atoms with Gasteiger partial charge in [0.05, 0.1) is 42.1 Å². The summed E-state index contributed by atoms with van der Waals surface area (Å²) in [6, 6.07) is 11.9. The van der Waals surface area contributed by atoms with Gasteiger partial charge in [-0.1, -0.05) is 24.3 Å². The molecule has 1 amide bonds. The lowest BCUT2D eigenvalue weighted by atomic mass is 10.0. The van der Waals surface area contributed by atoms with Crippen LogP contribution in [0.3, 0.4) is 0 Å². The number of nitrogens with one attached hydrogen (secondary N) is 1. The van der Waals surface area contributed by atoms with Crippen LogP contribution in [0.5, 0.6) is 0 Å². The van der Waals surface area contributed by atoms with Crippen LogP contribution in [0.1, 0.15) is 68.9 Å². The number of alkyl halides is 3. The highest BCUT2D eigenvalue weighted by Crippen LogP contribution is 2.46. The van der Waals surface area contributed by atoms with Crippen molar-refractivity contribution < 1.29 is 27.5 Å². The van der Waals surface area contributed by atoms with Crippen molar-refractivity contribution in [1.29, 1.82) is 0 Å². The lowest BCUT2D eigenvalue weighted by Gasteiger charge is -2.27. The Morgan fingerprint density at radius 2 is 1.70 bits per heavy atom. The van der Waals surface area contributed by atoms with Crippen LogP contribution in [0.2, 0.25) is 0 Å². The number of anilines is 1. The lowest BCUT2D eigenvalue weighted by Crippen LogP contribution is -2.36. The maximum Gasteiger partial charge on any atom is 0.416 e. The molecule has 1 saturated carbocycles. The van der Waals surface area contributed by atoms with Crippen molar-refractivity contribution in [1.82, 2.24) is 15.1 Å². The Hall–Kier alpha value is -3.82. The largest absolute Gasteiger partial charge is 0.465 e. The number of hydrogen-bond donors (Lipinski definition) is 1. The minimum atomic E-state index is -4.39. The van der Waals surface area contributed by atoms with Gasteiger partial charge in [0.15, 0.2) is 0 Å². The standard InChI is InChI=1S/C27H27F3N4O3/c1-16-22(23(35)31-26(12-13-26)20-8-6-19(7-9-20)25(36)37-3)24-33(14-15-34(24)32-16)17(2)18-4-10-21(11-5-18)27(28,29)30/h4-11,17H,12-15H2,1-3H3,(H,31,35)/t17-/m1/s1. The molecule has 3 aromatic rings. The number of amides is 1. The number of benzene rings is 2.